The number of nitrogens with zero attached hydrogens (tertiary/aromatic N) is 3. The van der Waals surface area contributed by atoms with Crippen LogP contribution in [0.1, 0.15) is 37.4 Å². The van der Waals surface area contributed by atoms with Crippen LogP contribution in [-0.2, 0) is 4.79 Å². The third-order valence-corrected chi connectivity index (χ3v) is 5.45. The van der Waals surface area contributed by atoms with Crippen molar-refractivity contribution >= 4 is 32.6 Å². The van der Waals surface area contributed by atoms with Gasteiger partial charge >= 0.3 is 0 Å². The molecule has 1 fully saturated rings. The third kappa shape index (κ3) is 2.89. The Balaban J connectivity index is 1.40. The zero-order chi connectivity index (χ0) is 16.5. The number of carbonyl (C=O) groups is 1. The largest absolute Gasteiger partial charge is 0.302 e. The molecule has 8 heteroatoms. The Morgan fingerprint density at radius 3 is 2.83 bits per heavy atom. The number of hydrogen-bond acceptors (Lipinski definition) is 5. The number of benzene rings is 1. The normalized spacial score (nSPS) is 21.0. The number of fused-ring (bicyclic) bond motifs is 1. The molecular weight excluding hydrogens is 329 g/mol. The fraction of sp³-hybridized carbons (Fsp3) is 0.375. The highest BCUT2D eigenvalue weighted by Gasteiger charge is 2.28. The summed E-state index contributed by atoms with van der Waals surface area (Å²) in [6.45, 7) is 0. The van der Waals surface area contributed by atoms with Gasteiger partial charge < -0.3 is 5.32 Å². The molecule has 0 saturated heterocycles. The first-order valence-corrected chi connectivity index (χ1v) is 8.73. The van der Waals surface area contributed by atoms with Crippen LogP contribution >= 0.6 is 11.3 Å². The monoisotopic (exact) mass is 345 g/mol. The predicted molar refractivity (Wildman–Crippen MR) is 89.3 cm³/mol. The van der Waals surface area contributed by atoms with E-state index in [4.69, 9.17) is 0 Å². The van der Waals surface area contributed by atoms with Crippen LogP contribution in [0.15, 0.2) is 24.5 Å². The Bertz CT molecular complexity index is 855. The fourth-order valence-electron chi connectivity index (χ4n) is 3.22. The quantitative estimate of drug-likeness (QED) is 0.761. The molecule has 0 unspecified atom stereocenters. The van der Waals surface area contributed by atoms with Crippen LogP contribution in [0.3, 0.4) is 0 Å². The smallest absolute Gasteiger partial charge is 0.229 e. The summed E-state index contributed by atoms with van der Waals surface area (Å²) in [5.41, 5.74) is 0.312. The van der Waals surface area contributed by atoms with Crippen molar-refractivity contribution in [1.82, 2.24) is 20.2 Å². The maximum absolute atomic E-state index is 13.7. The Hall–Kier alpha value is -2.35. The van der Waals surface area contributed by atoms with Gasteiger partial charge in [-0.2, -0.15) is 5.10 Å². The number of H-pyrrole nitrogens is 1. The summed E-state index contributed by atoms with van der Waals surface area (Å²) in [7, 11) is 0. The van der Waals surface area contributed by atoms with Gasteiger partial charge in [0.15, 0.2) is 5.13 Å². The average Bonchev–Trinajstić information content (AvgIpc) is 3.25. The highest BCUT2D eigenvalue weighted by molar-refractivity contribution is 7.22. The molecule has 0 radical (unpaired) electrons. The number of carbonyl (C=O) groups excluding carboxylic acids is 1. The van der Waals surface area contributed by atoms with Crippen LogP contribution < -0.4 is 5.32 Å². The second-order valence-corrected chi connectivity index (χ2v) is 7.04. The lowest BCUT2D eigenvalue weighted by molar-refractivity contribution is -0.120. The minimum Gasteiger partial charge on any atom is -0.302 e. The van der Waals surface area contributed by atoms with E-state index in [0.29, 0.717) is 16.6 Å². The van der Waals surface area contributed by atoms with Gasteiger partial charge in [0.25, 0.3) is 0 Å². The molecule has 1 aliphatic rings. The molecule has 2 heterocycles. The lowest BCUT2D eigenvalue weighted by Crippen LogP contribution is -2.26. The van der Waals surface area contributed by atoms with Gasteiger partial charge in [-0.15, -0.1) is 0 Å². The second kappa shape index (κ2) is 6.27. The van der Waals surface area contributed by atoms with E-state index < -0.39 is 0 Å². The van der Waals surface area contributed by atoms with E-state index in [0.717, 1.165) is 36.2 Å². The first kappa shape index (κ1) is 15.2. The number of amides is 1. The summed E-state index contributed by atoms with van der Waals surface area (Å²) >= 11 is 1.30. The first-order valence-electron chi connectivity index (χ1n) is 7.92. The zero-order valence-corrected chi connectivity index (χ0v) is 13.6. The molecule has 24 heavy (non-hydrogen) atoms. The number of halogens is 1. The van der Waals surface area contributed by atoms with E-state index in [2.05, 4.69) is 25.5 Å². The molecule has 0 atom stereocenters. The molecule has 2 aromatic heterocycles. The van der Waals surface area contributed by atoms with E-state index in [1.54, 1.807) is 12.1 Å². The van der Waals surface area contributed by atoms with Crippen molar-refractivity contribution in [2.45, 2.75) is 31.6 Å². The first-order chi connectivity index (χ1) is 11.7. The maximum atomic E-state index is 13.7. The molecule has 124 valence electrons. The molecule has 2 N–H and O–H groups in total. The molecule has 6 nitrogen and oxygen atoms in total. The number of para-hydroxylation sites is 1. The summed E-state index contributed by atoms with van der Waals surface area (Å²) in [4.78, 5) is 20.8. The number of aromatic nitrogens is 4. The molecule has 1 aromatic carbocycles. The molecule has 0 aliphatic heterocycles. The van der Waals surface area contributed by atoms with Crippen molar-refractivity contribution in [2.24, 2.45) is 5.92 Å². The van der Waals surface area contributed by atoms with Gasteiger partial charge in [-0.25, -0.2) is 14.4 Å². The molecule has 4 rings (SSSR count). The molecular formula is C16H16FN5OS. The van der Waals surface area contributed by atoms with Crippen molar-refractivity contribution in [3.8, 4) is 0 Å². The summed E-state index contributed by atoms with van der Waals surface area (Å²) in [6, 6.07) is 4.82. The van der Waals surface area contributed by atoms with Gasteiger partial charge in [0, 0.05) is 11.8 Å². The van der Waals surface area contributed by atoms with E-state index in [1.807, 2.05) is 0 Å². The average molecular weight is 345 g/mol. The molecule has 0 bridgehead atoms. The number of nitrogens with one attached hydrogen (secondary N) is 2. The molecule has 1 aliphatic carbocycles. The number of anilines is 1. The van der Waals surface area contributed by atoms with Crippen LogP contribution in [0.5, 0.6) is 0 Å². The number of hydrogen-bond donors (Lipinski definition) is 2. The fourth-order valence-corrected chi connectivity index (χ4v) is 4.10. The van der Waals surface area contributed by atoms with Gasteiger partial charge in [0.05, 0.1) is 4.70 Å². The van der Waals surface area contributed by atoms with Crippen LogP contribution in [0.4, 0.5) is 9.52 Å². The van der Waals surface area contributed by atoms with E-state index in [-0.39, 0.29) is 17.6 Å². The van der Waals surface area contributed by atoms with E-state index in [1.165, 1.54) is 23.7 Å². The van der Waals surface area contributed by atoms with Gasteiger partial charge in [-0.3, -0.25) is 9.89 Å². The van der Waals surface area contributed by atoms with Gasteiger partial charge in [-0.1, -0.05) is 17.4 Å². The van der Waals surface area contributed by atoms with Gasteiger partial charge in [-0.05, 0) is 37.8 Å². The highest BCUT2D eigenvalue weighted by Crippen LogP contribution is 2.35. The summed E-state index contributed by atoms with van der Waals surface area (Å²) in [5, 5.41) is 10.1. The molecule has 0 spiro atoms. The number of thiazole rings is 1. The Morgan fingerprint density at radius 1 is 1.29 bits per heavy atom. The number of aromatic amines is 1. The highest BCUT2D eigenvalue weighted by atomic mass is 32.1. The van der Waals surface area contributed by atoms with Crippen molar-refractivity contribution in [3.63, 3.8) is 0 Å². The molecule has 3 aromatic rings. The van der Waals surface area contributed by atoms with Crippen LogP contribution in [0, 0.1) is 11.7 Å². The summed E-state index contributed by atoms with van der Waals surface area (Å²) in [5.74, 6) is 0.798. The zero-order valence-electron chi connectivity index (χ0n) is 12.8. The predicted octanol–water partition coefficient (Wildman–Crippen LogP) is 3.47. The third-order valence-electron chi connectivity index (χ3n) is 4.52. The van der Waals surface area contributed by atoms with Gasteiger partial charge in [0.2, 0.25) is 5.91 Å². The van der Waals surface area contributed by atoms with Crippen molar-refractivity contribution in [1.29, 1.82) is 0 Å². The van der Waals surface area contributed by atoms with Crippen LogP contribution in [0.25, 0.3) is 10.2 Å². The van der Waals surface area contributed by atoms with Crippen molar-refractivity contribution in [3.05, 3.63) is 36.2 Å². The maximum Gasteiger partial charge on any atom is 0.229 e. The van der Waals surface area contributed by atoms with Crippen LogP contribution in [0.2, 0.25) is 0 Å². The lowest BCUT2D eigenvalue weighted by atomic mass is 9.81. The molecule has 1 saturated carbocycles. The topological polar surface area (TPSA) is 83.6 Å². The Morgan fingerprint density at radius 2 is 2.12 bits per heavy atom. The van der Waals surface area contributed by atoms with Crippen molar-refractivity contribution < 1.29 is 9.18 Å². The van der Waals surface area contributed by atoms with E-state index in [9.17, 15) is 9.18 Å². The Labute approximate surface area is 141 Å². The standard InChI is InChI=1S/C16H16FN5OS/c17-11-2-1-3-12-13(11)20-16(24-12)21-15(23)10-6-4-9(5-7-10)14-18-8-19-22-14/h1-3,8-10H,4-7H2,(H,18,19,22)(H,20,21,23). The second-order valence-electron chi connectivity index (χ2n) is 6.01. The lowest BCUT2D eigenvalue weighted by Gasteiger charge is -2.25. The van der Waals surface area contributed by atoms with Crippen LogP contribution in [-0.4, -0.2) is 26.1 Å². The summed E-state index contributed by atoms with van der Waals surface area (Å²) in [6.07, 6.45) is 4.93. The Kier molecular flexibility index (Phi) is 3.97. The minimum absolute atomic E-state index is 0.0366. The minimum atomic E-state index is -0.364. The van der Waals surface area contributed by atoms with E-state index >= 15 is 0 Å². The number of rotatable bonds is 3. The molecule has 1 amide bonds. The SMILES string of the molecule is O=C(Nc1nc2c(F)cccc2s1)C1CCC(c2ncn[nH]2)CC1. The van der Waals surface area contributed by atoms with Crippen molar-refractivity contribution in [2.75, 3.05) is 5.32 Å². The van der Waals surface area contributed by atoms with Gasteiger partial charge in [0.1, 0.15) is 23.5 Å². The summed E-state index contributed by atoms with van der Waals surface area (Å²) < 4.78 is 14.4.